The highest BCUT2D eigenvalue weighted by Gasteiger charge is 2.16. The van der Waals surface area contributed by atoms with Gasteiger partial charge in [-0.2, -0.15) is 0 Å². The lowest BCUT2D eigenvalue weighted by molar-refractivity contribution is 0.803. The summed E-state index contributed by atoms with van der Waals surface area (Å²) in [4.78, 5) is 4.23. The molecule has 0 saturated carbocycles. The molecule has 1 aromatic carbocycles. The standard InChI is InChI=1S/C16H21N3/c1-11(2)13-6-5-7-14(12(3)4)16(13)19-9-8-18-15(19)10-17/h5-12,17H,1-4H3. The van der Waals surface area contributed by atoms with Crippen LogP contribution in [0.25, 0.3) is 5.69 Å². The Hall–Kier alpha value is -1.90. The molecular weight excluding hydrogens is 234 g/mol. The van der Waals surface area contributed by atoms with Crippen LogP contribution in [0.15, 0.2) is 30.6 Å². The van der Waals surface area contributed by atoms with Gasteiger partial charge in [0.05, 0.1) is 11.9 Å². The molecule has 19 heavy (non-hydrogen) atoms. The van der Waals surface area contributed by atoms with Gasteiger partial charge in [-0.1, -0.05) is 45.9 Å². The van der Waals surface area contributed by atoms with Gasteiger partial charge in [0, 0.05) is 12.4 Å². The Morgan fingerprint density at radius 3 is 2.16 bits per heavy atom. The maximum Gasteiger partial charge on any atom is 0.154 e. The Morgan fingerprint density at radius 1 is 1.11 bits per heavy atom. The average Bonchev–Trinajstić information content (AvgIpc) is 2.85. The fourth-order valence-corrected chi connectivity index (χ4v) is 2.40. The lowest BCUT2D eigenvalue weighted by atomic mass is 9.92. The molecule has 100 valence electrons. The maximum absolute atomic E-state index is 7.50. The second kappa shape index (κ2) is 5.39. The van der Waals surface area contributed by atoms with Crippen LogP contribution in [-0.2, 0) is 0 Å². The first-order valence-corrected chi connectivity index (χ1v) is 6.73. The Bertz CT molecular complexity index is 553. The van der Waals surface area contributed by atoms with E-state index in [0.717, 1.165) is 0 Å². The number of nitrogens with one attached hydrogen (secondary N) is 1. The second-order valence-electron chi connectivity index (χ2n) is 5.39. The van der Waals surface area contributed by atoms with Crippen LogP contribution in [0.1, 0.15) is 56.5 Å². The van der Waals surface area contributed by atoms with Crippen molar-refractivity contribution in [3.05, 3.63) is 47.5 Å². The molecule has 0 atom stereocenters. The largest absolute Gasteiger partial charge is 0.305 e. The smallest absolute Gasteiger partial charge is 0.154 e. The molecule has 1 heterocycles. The summed E-state index contributed by atoms with van der Waals surface area (Å²) >= 11 is 0. The first-order valence-electron chi connectivity index (χ1n) is 6.73. The van der Waals surface area contributed by atoms with E-state index >= 15 is 0 Å². The third kappa shape index (κ3) is 2.46. The molecule has 2 rings (SSSR count). The topological polar surface area (TPSA) is 41.7 Å². The van der Waals surface area contributed by atoms with Crippen molar-refractivity contribution in [2.24, 2.45) is 0 Å². The minimum absolute atomic E-state index is 0.440. The summed E-state index contributed by atoms with van der Waals surface area (Å²) in [5.74, 6) is 1.55. The van der Waals surface area contributed by atoms with Crippen LogP contribution in [0.2, 0.25) is 0 Å². The highest BCUT2D eigenvalue weighted by molar-refractivity contribution is 5.73. The van der Waals surface area contributed by atoms with Crippen molar-refractivity contribution in [3.8, 4) is 5.69 Å². The van der Waals surface area contributed by atoms with Gasteiger partial charge in [-0.25, -0.2) is 4.98 Å². The lowest BCUT2D eigenvalue weighted by Crippen LogP contribution is -2.09. The van der Waals surface area contributed by atoms with Crippen LogP contribution in [-0.4, -0.2) is 15.8 Å². The van der Waals surface area contributed by atoms with Crippen molar-refractivity contribution < 1.29 is 0 Å². The summed E-state index contributed by atoms with van der Waals surface area (Å²) in [6, 6.07) is 6.45. The van der Waals surface area contributed by atoms with Crippen LogP contribution in [0, 0.1) is 5.41 Å². The van der Waals surface area contributed by atoms with Crippen LogP contribution < -0.4 is 0 Å². The third-order valence-corrected chi connectivity index (χ3v) is 3.38. The Labute approximate surface area is 114 Å². The molecule has 0 aliphatic rings. The van der Waals surface area contributed by atoms with E-state index in [1.54, 1.807) is 6.20 Å². The van der Waals surface area contributed by atoms with Gasteiger partial charge in [0.2, 0.25) is 0 Å². The average molecular weight is 255 g/mol. The lowest BCUT2D eigenvalue weighted by Gasteiger charge is -2.20. The number of benzene rings is 1. The van der Waals surface area contributed by atoms with E-state index in [1.807, 2.05) is 10.8 Å². The molecule has 0 aliphatic heterocycles. The fraction of sp³-hybridized carbons (Fsp3) is 0.375. The maximum atomic E-state index is 7.50. The SMILES string of the molecule is CC(C)c1cccc(C(C)C)c1-n1ccnc1C=N. The number of rotatable bonds is 4. The van der Waals surface area contributed by atoms with Crippen molar-refractivity contribution in [2.75, 3.05) is 0 Å². The molecule has 1 aromatic heterocycles. The predicted molar refractivity (Wildman–Crippen MR) is 79.6 cm³/mol. The summed E-state index contributed by atoms with van der Waals surface area (Å²) in [6.07, 6.45) is 5.00. The minimum Gasteiger partial charge on any atom is -0.305 e. The second-order valence-corrected chi connectivity index (χ2v) is 5.39. The molecule has 0 amide bonds. The van der Waals surface area contributed by atoms with Crippen molar-refractivity contribution in [3.63, 3.8) is 0 Å². The number of imidazole rings is 1. The summed E-state index contributed by atoms with van der Waals surface area (Å²) in [6.45, 7) is 8.79. The van der Waals surface area contributed by atoms with E-state index < -0.39 is 0 Å². The van der Waals surface area contributed by atoms with Crippen LogP contribution in [0.4, 0.5) is 0 Å². The monoisotopic (exact) mass is 255 g/mol. The molecule has 0 bridgehead atoms. The molecule has 2 aromatic rings. The van der Waals surface area contributed by atoms with Gasteiger partial charge in [-0.15, -0.1) is 0 Å². The van der Waals surface area contributed by atoms with E-state index in [2.05, 4.69) is 50.9 Å². The Balaban J connectivity index is 2.75. The zero-order chi connectivity index (χ0) is 14.0. The molecule has 0 aliphatic carbocycles. The molecule has 3 heteroatoms. The van der Waals surface area contributed by atoms with Gasteiger partial charge in [-0.3, -0.25) is 4.57 Å². The van der Waals surface area contributed by atoms with Gasteiger partial charge in [0.15, 0.2) is 5.82 Å². The van der Waals surface area contributed by atoms with E-state index in [0.29, 0.717) is 17.7 Å². The van der Waals surface area contributed by atoms with E-state index in [9.17, 15) is 0 Å². The van der Waals surface area contributed by atoms with Crippen LogP contribution in [0.3, 0.4) is 0 Å². The molecule has 1 N–H and O–H groups in total. The molecule has 0 spiro atoms. The quantitative estimate of drug-likeness (QED) is 0.820. The molecule has 0 unspecified atom stereocenters. The van der Waals surface area contributed by atoms with E-state index in [1.165, 1.54) is 23.0 Å². The van der Waals surface area contributed by atoms with E-state index in [-0.39, 0.29) is 0 Å². The van der Waals surface area contributed by atoms with Crippen molar-refractivity contribution in [1.82, 2.24) is 9.55 Å². The highest BCUT2D eigenvalue weighted by Crippen LogP contribution is 2.31. The summed E-state index contributed by atoms with van der Waals surface area (Å²) in [5, 5.41) is 7.50. The zero-order valence-corrected chi connectivity index (χ0v) is 12.0. The van der Waals surface area contributed by atoms with Crippen molar-refractivity contribution in [2.45, 2.75) is 39.5 Å². The van der Waals surface area contributed by atoms with Gasteiger partial charge in [0.1, 0.15) is 0 Å². The van der Waals surface area contributed by atoms with Crippen molar-refractivity contribution >= 4 is 6.21 Å². The normalized spacial score (nSPS) is 11.3. The molecule has 0 fully saturated rings. The van der Waals surface area contributed by atoms with Gasteiger partial charge >= 0.3 is 0 Å². The number of aromatic nitrogens is 2. The van der Waals surface area contributed by atoms with Crippen molar-refractivity contribution in [1.29, 1.82) is 5.41 Å². The first kappa shape index (κ1) is 13.5. The van der Waals surface area contributed by atoms with Gasteiger partial charge in [-0.05, 0) is 23.0 Å². The highest BCUT2D eigenvalue weighted by atomic mass is 15.1. The predicted octanol–water partition coefficient (Wildman–Crippen LogP) is 4.12. The number of para-hydroxylation sites is 1. The Morgan fingerprint density at radius 2 is 1.68 bits per heavy atom. The number of hydrogen-bond acceptors (Lipinski definition) is 2. The zero-order valence-electron chi connectivity index (χ0n) is 12.0. The van der Waals surface area contributed by atoms with Gasteiger partial charge < -0.3 is 5.41 Å². The minimum atomic E-state index is 0.440. The van der Waals surface area contributed by atoms with Crippen LogP contribution in [0.5, 0.6) is 0 Å². The molecule has 0 saturated heterocycles. The number of nitrogens with zero attached hydrogens (tertiary/aromatic N) is 2. The first-order chi connectivity index (χ1) is 9.06. The fourth-order valence-electron chi connectivity index (χ4n) is 2.40. The molecule has 0 radical (unpaired) electrons. The summed E-state index contributed by atoms with van der Waals surface area (Å²) in [5.41, 5.74) is 3.78. The third-order valence-electron chi connectivity index (χ3n) is 3.38. The summed E-state index contributed by atoms with van der Waals surface area (Å²) in [7, 11) is 0. The molecular formula is C16H21N3. The number of hydrogen-bond donors (Lipinski definition) is 1. The van der Waals surface area contributed by atoms with E-state index in [4.69, 9.17) is 5.41 Å². The van der Waals surface area contributed by atoms with Crippen LogP contribution >= 0.6 is 0 Å². The summed E-state index contributed by atoms with van der Waals surface area (Å²) < 4.78 is 2.03. The molecule has 3 nitrogen and oxygen atoms in total. The Kier molecular flexibility index (Phi) is 3.84. The van der Waals surface area contributed by atoms with Gasteiger partial charge in [0.25, 0.3) is 0 Å².